The van der Waals surface area contributed by atoms with Gasteiger partial charge in [-0.3, -0.25) is 0 Å². The molecule has 21 heavy (non-hydrogen) atoms. The third kappa shape index (κ3) is 3.07. The molecule has 0 radical (unpaired) electrons. The Hall–Kier alpha value is -2.72. The number of terminal acetylenes is 1. The van der Waals surface area contributed by atoms with E-state index in [9.17, 15) is 0 Å². The predicted molar refractivity (Wildman–Crippen MR) is 91.2 cm³/mol. The normalized spacial score (nSPS) is 21.8. The highest BCUT2D eigenvalue weighted by Gasteiger charge is 2.14. The quantitative estimate of drug-likeness (QED) is 0.742. The maximum Gasteiger partial charge on any atom is 0.0621 e. The molecule has 0 aromatic heterocycles. The maximum atomic E-state index is 5.81. The molecule has 1 N–H and O–H groups in total. The van der Waals surface area contributed by atoms with Crippen LogP contribution in [0.5, 0.6) is 0 Å². The molecule has 1 heteroatoms. The van der Waals surface area contributed by atoms with Crippen LogP contribution in [0.25, 0.3) is 5.57 Å². The first-order valence-corrected chi connectivity index (χ1v) is 6.91. The second kappa shape index (κ2) is 6.63. The van der Waals surface area contributed by atoms with Gasteiger partial charge in [0.1, 0.15) is 0 Å². The summed E-state index contributed by atoms with van der Waals surface area (Å²) < 4.78 is 0. The van der Waals surface area contributed by atoms with E-state index in [2.05, 4.69) is 30.8 Å². The van der Waals surface area contributed by atoms with Crippen molar-refractivity contribution < 1.29 is 0 Å². The topological polar surface area (TPSA) is 12.0 Å². The molecule has 1 aliphatic rings. The standard InChI is InChI=1S/C20H19N/c1-5-17-15(3)12-9-10-14-21-20(17)18(6-2)19-13-8-7-11-16(19)4/h2,5,7-14,21H,3H2,1,4H3/b12-9-,14-10-,17-5-,20-18-. The summed E-state index contributed by atoms with van der Waals surface area (Å²) in [7, 11) is 0. The SMILES string of the molecule is C#C/C(=C1/N/C=C\C=C/C(=C)/C1=C/C)c1ccccc1C. The third-order valence-corrected chi connectivity index (χ3v) is 3.45. The van der Waals surface area contributed by atoms with Gasteiger partial charge in [-0.25, -0.2) is 0 Å². The van der Waals surface area contributed by atoms with Crippen LogP contribution in [0.2, 0.25) is 0 Å². The molecule has 1 aromatic carbocycles. The monoisotopic (exact) mass is 273 g/mol. The molecule has 0 bridgehead atoms. The molecule has 0 fully saturated rings. The fourth-order valence-corrected chi connectivity index (χ4v) is 2.36. The van der Waals surface area contributed by atoms with Crippen molar-refractivity contribution in [3.05, 3.63) is 89.3 Å². The molecule has 0 aliphatic carbocycles. The zero-order valence-corrected chi connectivity index (χ0v) is 12.5. The molecule has 0 amide bonds. The van der Waals surface area contributed by atoms with Crippen molar-refractivity contribution in [1.82, 2.24) is 5.32 Å². The number of rotatable bonds is 1. The minimum absolute atomic E-state index is 0.849. The van der Waals surface area contributed by atoms with E-state index < -0.39 is 0 Å². The molecule has 104 valence electrons. The van der Waals surface area contributed by atoms with Gasteiger partial charge in [0.05, 0.1) is 11.3 Å². The summed E-state index contributed by atoms with van der Waals surface area (Å²) in [5.41, 5.74) is 5.94. The Kier molecular flexibility index (Phi) is 4.64. The van der Waals surface area contributed by atoms with E-state index in [1.165, 1.54) is 0 Å². The zero-order valence-electron chi connectivity index (χ0n) is 12.5. The van der Waals surface area contributed by atoms with Crippen LogP contribution in [0.4, 0.5) is 0 Å². The van der Waals surface area contributed by atoms with Gasteiger partial charge in [0.25, 0.3) is 0 Å². The second-order valence-electron chi connectivity index (χ2n) is 4.80. The third-order valence-electron chi connectivity index (χ3n) is 3.45. The van der Waals surface area contributed by atoms with Crippen LogP contribution >= 0.6 is 0 Å². The fourth-order valence-electron chi connectivity index (χ4n) is 2.36. The minimum atomic E-state index is 0.849. The van der Waals surface area contributed by atoms with Crippen LogP contribution in [0.3, 0.4) is 0 Å². The molecule has 0 saturated carbocycles. The minimum Gasteiger partial charge on any atom is -0.360 e. The average molecular weight is 273 g/mol. The van der Waals surface area contributed by atoms with Gasteiger partial charge in [-0.15, -0.1) is 6.42 Å². The van der Waals surface area contributed by atoms with Crippen LogP contribution in [0.1, 0.15) is 18.1 Å². The van der Waals surface area contributed by atoms with Crippen molar-refractivity contribution in [2.24, 2.45) is 0 Å². The van der Waals surface area contributed by atoms with Crippen molar-refractivity contribution in [2.75, 3.05) is 0 Å². The molecular weight excluding hydrogens is 254 g/mol. The molecule has 0 saturated heterocycles. The van der Waals surface area contributed by atoms with Crippen LogP contribution in [-0.4, -0.2) is 0 Å². The Morgan fingerprint density at radius 3 is 2.71 bits per heavy atom. The van der Waals surface area contributed by atoms with Crippen molar-refractivity contribution >= 4 is 5.57 Å². The summed E-state index contributed by atoms with van der Waals surface area (Å²) in [5.74, 6) is 2.84. The fraction of sp³-hybridized carbons (Fsp3) is 0.100. The van der Waals surface area contributed by atoms with Crippen LogP contribution < -0.4 is 5.32 Å². The molecule has 1 heterocycles. The molecule has 0 atom stereocenters. The van der Waals surface area contributed by atoms with Crippen molar-refractivity contribution in [2.45, 2.75) is 13.8 Å². The van der Waals surface area contributed by atoms with E-state index in [0.29, 0.717) is 0 Å². The first kappa shape index (κ1) is 14.7. The number of allylic oxidation sites excluding steroid dienone is 6. The van der Waals surface area contributed by atoms with Crippen molar-refractivity contribution in [3.8, 4) is 12.3 Å². The van der Waals surface area contributed by atoms with Crippen molar-refractivity contribution in [3.63, 3.8) is 0 Å². The Morgan fingerprint density at radius 2 is 2.05 bits per heavy atom. The number of aryl methyl sites for hydroxylation is 1. The van der Waals surface area contributed by atoms with Gasteiger partial charge in [0, 0.05) is 11.8 Å². The van der Waals surface area contributed by atoms with Gasteiger partial charge in [-0.1, -0.05) is 55.0 Å². The Bertz CT molecular complexity index is 718. The van der Waals surface area contributed by atoms with E-state index in [1.807, 2.05) is 55.6 Å². The summed E-state index contributed by atoms with van der Waals surface area (Å²) in [6.45, 7) is 8.18. The van der Waals surface area contributed by atoms with Gasteiger partial charge in [-0.05, 0) is 36.6 Å². The largest absolute Gasteiger partial charge is 0.360 e. The predicted octanol–water partition coefficient (Wildman–Crippen LogP) is 4.51. The lowest BCUT2D eigenvalue weighted by Crippen LogP contribution is -2.12. The first-order valence-electron chi connectivity index (χ1n) is 6.91. The van der Waals surface area contributed by atoms with Crippen LogP contribution in [0, 0.1) is 19.3 Å². The van der Waals surface area contributed by atoms with Gasteiger partial charge in [-0.2, -0.15) is 0 Å². The van der Waals surface area contributed by atoms with Crippen LogP contribution in [0.15, 0.2) is 78.2 Å². The van der Waals surface area contributed by atoms with Gasteiger partial charge >= 0.3 is 0 Å². The van der Waals surface area contributed by atoms with E-state index in [1.54, 1.807) is 0 Å². The van der Waals surface area contributed by atoms with E-state index >= 15 is 0 Å². The molecule has 0 spiro atoms. The number of benzene rings is 1. The summed E-state index contributed by atoms with van der Waals surface area (Å²) >= 11 is 0. The van der Waals surface area contributed by atoms with E-state index in [4.69, 9.17) is 6.42 Å². The lowest BCUT2D eigenvalue weighted by molar-refractivity contribution is 1.08. The molecule has 1 nitrogen and oxygen atoms in total. The summed E-state index contributed by atoms with van der Waals surface area (Å²) in [5, 5.41) is 3.31. The first-order chi connectivity index (χ1) is 10.2. The van der Waals surface area contributed by atoms with Gasteiger partial charge in [0.15, 0.2) is 0 Å². The second-order valence-corrected chi connectivity index (χ2v) is 4.80. The molecule has 1 aliphatic heterocycles. The average Bonchev–Trinajstić information content (AvgIpc) is 2.47. The zero-order chi connectivity index (χ0) is 15.2. The van der Waals surface area contributed by atoms with E-state index in [-0.39, 0.29) is 0 Å². The van der Waals surface area contributed by atoms with Crippen LogP contribution in [-0.2, 0) is 0 Å². The van der Waals surface area contributed by atoms with Gasteiger partial charge in [0.2, 0.25) is 0 Å². The molecule has 2 rings (SSSR count). The van der Waals surface area contributed by atoms with E-state index in [0.717, 1.165) is 33.5 Å². The Morgan fingerprint density at radius 1 is 1.29 bits per heavy atom. The van der Waals surface area contributed by atoms with Gasteiger partial charge < -0.3 is 5.32 Å². The summed E-state index contributed by atoms with van der Waals surface area (Å²) in [4.78, 5) is 0. The highest BCUT2D eigenvalue weighted by Crippen LogP contribution is 2.28. The smallest absolute Gasteiger partial charge is 0.0621 e. The van der Waals surface area contributed by atoms with Crippen molar-refractivity contribution in [1.29, 1.82) is 0 Å². The lowest BCUT2D eigenvalue weighted by Gasteiger charge is -2.18. The number of hydrogen-bond acceptors (Lipinski definition) is 1. The lowest BCUT2D eigenvalue weighted by atomic mass is 9.93. The Balaban J connectivity index is 2.70. The maximum absolute atomic E-state index is 5.81. The number of hydrogen-bond donors (Lipinski definition) is 1. The number of nitrogens with one attached hydrogen (secondary N) is 1. The highest BCUT2D eigenvalue weighted by atomic mass is 14.9. The molecular formula is C20H19N. The molecule has 0 unspecified atom stereocenters. The highest BCUT2D eigenvalue weighted by molar-refractivity contribution is 5.86. The summed E-state index contributed by atoms with van der Waals surface area (Å²) in [6.07, 6.45) is 15.6. The summed E-state index contributed by atoms with van der Waals surface area (Å²) in [6, 6.07) is 8.13. The molecule has 1 aromatic rings. The Labute approximate surface area is 127 Å².